The summed E-state index contributed by atoms with van der Waals surface area (Å²) >= 11 is 0. The van der Waals surface area contributed by atoms with E-state index in [-0.39, 0.29) is 17.4 Å². The van der Waals surface area contributed by atoms with Gasteiger partial charge in [-0.05, 0) is 92.7 Å². The van der Waals surface area contributed by atoms with Gasteiger partial charge >= 0.3 is 0 Å². The van der Waals surface area contributed by atoms with Gasteiger partial charge in [0, 0.05) is 29.4 Å². The number of aldehydes is 1. The number of aryl methyl sites for hydroxylation is 2. The van der Waals surface area contributed by atoms with Crippen LogP contribution in [0.3, 0.4) is 0 Å². The van der Waals surface area contributed by atoms with Crippen molar-refractivity contribution in [2.75, 3.05) is 6.54 Å². The molecule has 1 saturated heterocycles. The predicted octanol–water partition coefficient (Wildman–Crippen LogP) is 5.16. The molecule has 2 aromatic carbocycles. The molecule has 4 rings (SSSR count). The highest BCUT2D eigenvalue weighted by atomic mass is 16.3. The Morgan fingerprint density at radius 1 is 1.10 bits per heavy atom. The van der Waals surface area contributed by atoms with Crippen molar-refractivity contribution in [2.24, 2.45) is 5.92 Å². The first-order chi connectivity index (χ1) is 15.1. The van der Waals surface area contributed by atoms with E-state index in [1.807, 2.05) is 24.3 Å². The maximum atomic E-state index is 11.7. The molecule has 0 aliphatic carbocycles. The zero-order chi connectivity index (χ0) is 21.8. The highest BCUT2D eigenvalue weighted by Crippen LogP contribution is 2.36. The lowest BCUT2D eigenvalue weighted by atomic mass is 9.89. The molecule has 0 saturated carbocycles. The number of unbranched alkanes of at least 4 members (excludes halogenated alkanes) is 1. The van der Waals surface area contributed by atoms with Crippen LogP contribution in [0, 0.1) is 12.8 Å². The maximum absolute atomic E-state index is 11.7. The summed E-state index contributed by atoms with van der Waals surface area (Å²) in [6, 6.07) is 13.1. The number of aromatic hydroxyl groups is 2. The third-order valence-electron chi connectivity index (χ3n) is 6.65. The molecule has 31 heavy (non-hydrogen) atoms. The number of fused-ring (bicyclic) bond motifs is 1. The van der Waals surface area contributed by atoms with Gasteiger partial charge in [0.25, 0.3) is 0 Å². The van der Waals surface area contributed by atoms with Crippen molar-refractivity contribution in [1.82, 2.24) is 9.88 Å². The van der Waals surface area contributed by atoms with Crippen LogP contribution in [0.1, 0.15) is 44.1 Å². The fourth-order valence-electron chi connectivity index (χ4n) is 4.99. The first kappa shape index (κ1) is 21.4. The Balaban J connectivity index is 1.54. The van der Waals surface area contributed by atoms with E-state index in [0.29, 0.717) is 6.04 Å². The van der Waals surface area contributed by atoms with E-state index in [1.54, 1.807) is 18.2 Å². The topological polar surface area (TPSA) is 74.5 Å². The second-order valence-corrected chi connectivity index (χ2v) is 8.73. The number of hydrogen-bond acceptors (Lipinski definition) is 4. The standard InChI is InChI=1S/C26H32N2O3/c1-18-23-16-22(31)12-13-25(23)28(26(18)19-8-10-21(30)11-9-19)15-5-3-6-20(17-29)24-7-2-4-14-27-24/h8-13,16-17,20,24,27,30-31H,2-7,14-15H2,1H3. The first-order valence-corrected chi connectivity index (χ1v) is 11.4. The smallest absolute Gasteiger partial charge is 0.124 e. The molecule has 1 aromatic heterocycles. The minimum Gasteiger partial charge on any atom is -0.508 e. The Hall–Kier alpha value is -2.79. The summed E-state index contributed by atoms with van der Waals surface area (Å²) in [6.07, 6.45) is 7.54. The SMILES string of the molecule is Cc1c(-c2ccc(O)cc2)n(CCCCC(C=O)C2CCCCN2)c2ccc(O)cc12. The van der Waals surface area contributed by atoms with Crippen LogP contribution in [-0.4, -0.2) is 33.7 Å². The van der Waals surface area contributed by atoms with Gasteiger partial charge in [0.15, 0.2) is 0 Å². The number of phenolic OH excluding ortho intramolecular Hbond substituents is 2. The lowest BCUT2D eigenvalue weighted by Gasteiger charge is -2.28. The van der Waals surface area contributed by atoms with Gasteiger partial charge in [0.2, 0.25) is 0 Å². The molecule has 3 aromatic rings. The summed E-state index contributed by atoms with van der Waals surface area (Å²) in [4.78, 5) is 11.7. The van der Waals surface area contributed by atoms with Crippen LogP contribution in [0.15, 0.2) is 42.5 Å². The molecule has 2 unspecified atom stereocenters. The van der Waals surface area contributed by atoms with Crippen molar-refractivity contribution in [3.8, 4) is 22.8 Å². The monoisotopic (exact) mass is 420 g/mol. The molecule has 5 nitrogen and oxygen atoms in total. The van der Waals surface area contributed by atoms with E-state index >= 15 is 0 Å². The number of phenols is 2. The van der Waals surface area contributed by atoms with E-state index in [1.165, 1.54) is 12.8 Å². The van der Waals surface area contributed by atoms with Crippen LogP contribution < -0.4 is 5.32 Å². The number of piperidine rings is 1. The number of carbonyl (C=O) groups is 1. The van der Waals surface area contributed by atoms with Gasteiger partial charge < -0.3 is 24.9 Å². The summed E-state index contributed by atoms with van der Waals surface area (Å²) < 4.78 is 2.31. The van der Waals surface area contributed by atoms with E-state index in [0.717, 1.165) is 72.8 Å². The Kier molecular flexibility index (Phi) is 6.62. The quantitative estimate of drug-likeness (QED) is 0.348. The number of hydrogen-bond donors (Lipinski definition) is 3. The van der Waals surface area contributed by atoms with E-state index in [2.05, 4.69) is 16.8 Å². The van der Waals surface area contributed by atoms with Gasteiger partial charge in [-0.15, -0.1) is 0 Å². The third kappa shape index (κ3) is 4.62. The van der Waals surface area contributed by atoms with Gasteiger partial charge in [0.1, 0.15) is 17.8 Å². The molecule has 2 heterocycles. The molecule has 0 bridgehead atoms. The lowest BCUT2D eigenvalue weighted by Crippen LogP contribution is -2.40. The summed E-state index contributed by atoms with van der Waals surface area (Å²) in [6.45, 7) is 3.94. The zero-order valence-electron chi connectivity index (χ0n) is 18.2. The molecule has 1 aliphatic rings. The van der Waals surface area contributed by atoms with E-state index < -0.39 is 0 Å². The molecule has 1 aliphatic heterocycles. The zero-order valence-corrected chi connectivity index (χ0v) is 18.2. The molecular weight excluding hydrogens is 388 g/mol. The minimum absolute atomic E-state index is 0.0944. The summed E-state index contributed by atoms with van der Waals surface area (Å²) in [5.74, 6) is 0.605. The number of nitrogens with one attached hydrogen (secondary N) is 1. The second-order valence-electron chi connectivity index (χ2n) is 8.73. The summed E-state index contributed by atoms with van der Waals surface area (Å²) in [5, 5.41) is 24.3. The van der Waals surface area contributed by atoms with Crippen LogP contribution in [0.4, 0.5) is 0 Å². The van der Waals surface area contributed by atoms with Crippen molar-refractivity contribution >= 4 is 17.2 Å². The Bertz CT molecular complexity index is 1030. The van der Waals surface area contributed by atoms with Crippen molar-refractivity contribution < 1.29 is 15.0 Å². The number of aromatic nitrogens is 1. The van der Waals surface area contributed by atoms with Crippen LogP contribution in [-0.2, 0) is 11.3 Å². The molecule has 1 fully saturated rings. The number of benzene rings is 2. The number of rotatable bonds is 8. The average Bonchev–Trinajstić information content (AvgIpc) is 3.06. The van der Waals surface area contributed by atoms with Crippen LogP contribution in [0.25, 0.3) is 22.2 Å². The highest BCUT2D eigenvalue weighted by molar-refractivity contribution is 5.92. The van der Waals surface area contributed by atoms with E-state index in [9.17, 15) is 15.0 Å². The highest BCUT2D eigenvalue weighted by Gasteiger charge is 2.22. The molecule has 3 N–H and O–H groups in total. The van der Waals surface area contributed by atoms with Crippen LogP contribution >= 0.6 is 0 Å². The predicted molar refractivity (Wildman–Crippen MR) is 124 cm³/mol. The molecule has 0 amide bonds. The van der Waals surface area contributed by atoms with Crippen LogP contribution in [0.5, 0.6) is 11.5 Å². The van der Waals surface area contributed by atoms with Gasteiger partial charge in [-0.2, -0.15) is 0 Å². The lowest BCUT2D eigenvalue weighted by molar-refractivity contribution is -0.112. The van der Waals surface area contributed by atoms with Crippen LogP contribution in [0.2, 0.25) is 0 Å². The minimum atomic E-state index is 0.0944. The van der Waals surface area contributed by atoms with Crippen molar-refractivity contribution in [3.63, 3.8) is 0 Å². The summed E-state index contributed by atoms with van der Waals surface area (Å²) in [7, 11) is 0. The average molecular weight is 421 g/mol. The van der Waals surface area contributed by atoms with Crippen molar-refractivity contribution in [1.29, 1.82) is 0 Å². The molecule has 0 radical (unpaired) electrons. The Morgan fingerprint density at radius 3 is 2.58 bits per heavy atom. The van der Waals surface area contributed by atoms with Gasteiger partial charge in [-0.1, -0.05) is 12.8 Å². The summed E-state index contributed by atoms with van der Waals surface area (Å²) in [5.41, 5.74) is 4.37. The van der Waals surface area contributed by atoms with Gasteiger partial charge in [-0.3, -0.25) is 0 Å². The maximum Gasteiger partial charge on any atom is 0.124 e. The second kappa shape index (κ2) is 9.56. The molecule has 164 valence electrons. The Labute approximate surface area is 183 Å². The third-order valence-corrected chi connectivity index (χ3v) is 6.65. The van der Waals surface area contributed by atoms with Crippen molar-refractivity contribution in [3.05, 3.63) is 48.0 Å². The number of nitrogens with zero attached hydrogens (tertiary/aromatic N) is 1. The molecule has 5 heteroatoms. The fraction of sp³-hybridized carbons (Fsp3) is 0.423. The first-order valence-electron chi connectivity index (χ1n) is 11.4. The molecule has 2 atom stereocenters. The number of carbonyl (C=O) groups excluding carboxylic acids is 1. The Morgan fingerprint density at radius 2 is 1.87 bits per heavy atom. The fourth-order valence-corrected chi connectivity index (χ4v) is 4.99. The van der Waals surface area contributed by atoms with Crippen molar-refractivity contribution in [2.45, 2.75) is 58.0 Å². The van der Waals surface area contributed by atoms with E-state index in [4.69, 9.17) is 0 Å². The molecular formula is C26H32N2O3. The normalized spacial score (nSPS) is 17.6. The van der Waals surface area contributed by atoms with Gasteiger partial charge in [0.05, 0.1) is 5.69 Å². The largest absolute Gasteiger partial charge is 0.508 e. The molecule has 0 spiro atoms. The van der Waals surface area contributed by atoms with Gasteiger partial charge in [-0.25, -0.2) is 0 Å².